The van der Waals surface area contributed by atoms with E-state index in [-0.39, 0.29) is 22.9 Å². The number of hydrogen-bond donors (Lipinski definition) is 0. The summed E-state index contributed by atoms with van der Waals surface area (Å²) in [4.78, 5) is 13.9. The van der Waals surface area contributed by atoms with Crippen molar-refractivity contribution in [1.29, 1.82) is 0 Å². The lowest BCUT2D eigenvalue weighted by atomic mass is 9.33. The number of pyridine rings is 1. The van der Waals surface area contributed by atoms with Crippen LogP contribution in [-0.2, 0) is 11.3 Å². The molecule has 0 N–H and O–H groups in total. The van der Waals surface area contributed by atoms with Gasteiger partial charge in [0.05, 0.1) is 0 Å². The van der Waals surface area contributed by atoms with Gasteiger partial charge < -0.3 is 4.74 Å². The van der Waals surface area contributed by atoms with Crippen molar-refractivity contribution in [1.82, 2.24) is 0 Å². The van der Waals surface area contributed by atoms with Crippen LogP contribution in [0.25, 0.3) is 0 Å². The third kappa shape index (κ3) is 9.39. The first-order valence-corrected chi connectivity index (χ1v) is 25.6. The summed E-state index contributed by atoms with van der Waals surface area (Å²) in [5.74, 6) is 3.48. The zero-order chi connectivity index (χ0) is 41.6. The van der Waals surface area contributed by atoms with E-state index in [1.165, 1.54) is 161 Å². The highest BCUT2D eigenvalue weighted by molar-refractivity contribution is 5.88. The average molecular weight is 799 g/mol. The smallest absolute Gasteiger partial charge is 0.344 e. The quantitative estimate of drug-likeness (QED) is 0.0569. The molecule has 10 atom stereocenters. The Balaban J connectivity index is 0.949. The lowest BCUT2D eigenvalue weighted by molar-refractivity contribution is -0.697. The Labute approximate surface area is 359 Å². The molecule has 4 fully saturated rings. The molecular formula is C55H92NO2+. The van der Waals surface area contributed by atoms with Crippen molar-refractivity contribution in [2.24, 2.45) is 56.7 Å². The second-order valence-corrected chi connectivity index (χ2v) is 23.0. The number of hydrogen-bond acceptors (Lipinski definition) is 2. The molecule has 1 heterocycles. The fraction of sp³-hybridized carbons (Fsp3) is 0.855. The molecule has 0 amide bonds. The molecule has 5 aliphatic rings. The fourth-order valence-corrected chi connectivity index (χ4v) is 15.0. The second-order valence-electron chi connectivity index (χ2n) is 23.0. The van der Waals surface area contributed by atoms with Gasteiger partial charge >= 0.3 is 5.97 Å². The van der Waals surface area contributed by atoms with Crippen LogP contribution < -0.4 is 4.57 Å². The highest BCUT2D eigenvalue weighted by Crippen LogP contribution is 2.75. The van der Waals surface area contributed by atoms with Crippen LogP contribution in [0, 0.1) is 56.7 Å². The van der Waals surface area contributed by atoms with Crippen molar-refractivity contribution in [2.45, 2.75) is 242 Å². The van der Waals surface area contributed by atoms with Gasteiger partial charge in [0.1, 0.15) is 18.2 Å². The molecule has 0 bridgehead atoms. The Hall–Kier alpha value is -1.64. The van der Waals surface area contributed by atoms with Gasteiger partial charge in [0.25, 0.3) is 0 Å². The van der Waals surface area contributed by atoms with E-state index in [0.29, 0.717) is 33.6 Å². The number of ether oxygens (including phenoxy) is 1. The summed E-state index contributed by atoms with van der Waals surface area (Å²) in [7, 11) is 0. The molecule has 0 aromatic carbocycles. The third-order valence-electron chi connectivity index (χ3n) is 19.2. The molecule has 3 nitrogen and oxygen atoms in total. The van der Waals surface area contributed by atoms with Gasteiger partial charge in [-0.15, -0.1) is 0 Å². The van der Waals surface area contributed by atoms with E-state index in [1.807, 2.05) is 17.7 Å². The number of unbranched alkanes of at least 4 members (excludes halogenated alkanes) is 16. The normalized spacial score (nSPS) is 36.5. The van der Waals surface area contributed by atoms with Gasteiger partial charge in [-0.05, 0) is 122 Å². The van der Waals surface area contributed by atoms with Gasteiger partial charge in [0, 0.05) is 17.9 Å². The molecular weight excluding hydrogens is 707 g/mol. The number of esters is 1. The lowest BCUT2D eigenvalue weighted by Gasteiger charge is -2.71. The zero-order valence-electron chi connectivity index (χ0n) is 39.7. The number of rotatable bonds is 20. The van der Waals surface area contributed by atoms with E-state index in [1.54, 1.807) is 0 Å². The SMILES string of the molecule is CCCCCCCCCCCCCCCCCCC[n+]1cccc(C(=O)O[C@H]2CC[C@]3(C)[C@H]4CC=C5[C@@H]6[C@@H](C)[C@H](C)CC[C@]6(C)CC[C@@]5(C)[C@]4(C)CC[C@H]3C2(C)C)c1. The van der Waals surface area contributed by atoms with E-state index >= 15 is 0 Å². The Bertz CT molecular complexity index is 1510. The maximum atomic E-state index is 13.9. The van der Waals surface area contributed by atoms with Gasteiger partial charge in [0.2, 0.25) is 0 Å². The molecule has 328 valence electrons. The minimum atomic E-state index is -0.127. The van der Waals surface area contributed by atoms with Crippen LogP contribution in [0.5, 0.6) is 0 Å². The summed E-state index contributed by atoms with van der Waals surface area (Å²) in [5, 5.41) is 0. The summed E-state index contributed by atoms with van der Waals surface area (Å²) in [6, 6.07) is 4.01. The maximum Gasteiger partial charge on any atom is 0.344 e. The van der Waals surface area contributed by atoms with Crippen LogP contribution in [0.2, 0.25) is 0 Å². The van der Waals surface area contributed by atoms with Crippen molar-refractivity contribution in [3.8, 4) is 0 Å². The highest BCUT2D eigenvalue weighted by Gasteiger charge is 2.68. The predicted molar refractivity (Wildman–Crippen MR) is 245 cm³/mol. The van der Waals surface area contributed by atoms with E-state index < -0.39 is 0 Å². The maximum absolute atomic E-state index is 13.9. The Morgan fingerprint density at radius 2 is 1.31 bits per heavy atom. The number of nitrogens with zero attached hydrogens (tertiary/aromatic N) is 1. The van der Waals surface area contributed by atoms with E-state index in [9.17, 15) is 4.79 Å². The van der Waals surface area contributed by atoms with E-state index in [2.05, 4.69) is 85.4 Å². The molecule has 6 rings (SSSR count). The Morgan fingerprint density at radius 1 is 0.707 bits per heavy atom. The first-order chi connectivity index (χ1) is 27.7. The third-order valence-corrected chi connectivity index (χ3v) is 19.2. The molecule has 3 heteroatoms. The van der Waals surface area contributed by atoms with Crippen molar-refractivity contribution in [2.75, 3.05) is 0 Å². The molecule has 58 heavy (non-hydrogen) atoms. The minimum Gasteiger partial charge on any atom is -0.458 e. The van der Waals surface area contributed by atoms with Crippen molar-refractivity contribution < 1.29 is 14.1 Å². The first kappa shape index (κ1) is 45.9. The number of carbonyl (C=O) groups excluding carboxylic acids is 1. The Morgan fingerprint density at radius 3 is 1.93 bits per heavy atom. The van der Waals surface area contributed by atoms with Crippen molar-refractivity contribution in [3.63, 3.8) is 0 Å². The molecule has 0 saturated heterocycles. The monoisotopic (exact) mass is 799 g/mol. The predicted octanol–water partition coefficient (Wildman–Crippen LogP) is 15.8. The van der Waals surface area contributed by atoms with Gasteiger partial charge in [0.15, 0.2) is 12.4 Å². The highest BCUT2D eigenvalue weighted by atomic mass is 16.5. The molecule has 0 aliphatic heterocycles. The van der Waals surface area contributed by atoms with Crippen LogP contribution in [0.15, 0.2) is 36.2 Å². The molecule has 1 aromatic heterocycles. The Kier molecular flexibility index (Phi) is 15.5. The van der Waals surface area contributed by atoms with Crippen LogP contribution in [-0.4, -0.2) is 12.1 Å². The van der Waals surface area contributed by atoms with Gasteiger partial charge in [-0.1, -0.05) is 170 Å². The van der Waals surface area contributed by atoms with Crippen LogP contribution in [0.4, 0.5) is 0 Å². The number of allylic oxidation sites excluding steroid dienone is 2. The number of carbonyl (C=O) groups is 1. The number of aryl methyl sites for hydroxylation is 1. The van der Waals surface area contributed by atoms with Gasteiger partial charge in [-0.3, -0.25) is 0 Å². The summed E-state index contributed by atoms with van der Waals surface area (Å²) < 4.78 is 8.80. The molecule has 4 saturated carbocycles. The average Bonchev–Trinajstić information content (AvgIpc) is 3.19. The van der Waals surface area contributed by atoms with Crippen LogP contribution >= 0.6 is 0 Å². The van der Waals surface area contributed by atoms with Crippen molar-refractivity contribution >= 4 is 5.97 Å². The molecule has 0 radical (unpaired) electrons. The molecule has 1 aromatic rings. The molecule has 5 aliphatic carbocycles. The zero-order valence-corrected chi connectivity index (χ0v) is 39.7. The standard InChI is InChI=1S/C55H92NO2/c1-10-11-12-13-14-15-16-17-18-19-20-21-22-23-24-25-26-39-56-40-27-28-44(41-56)50(57)58-48-33-35-53(7)46(51(48,4)5)32-36-55(9)47(53)30-29-45-49-43(3)42(2)31-34-52(49,6)37-38-54(45,55)8/h27-29,40-43,46-49H,10-26,30-39H2,1-9H3/q+1/t42-,43+,46+,47-,48+,49+,52-,53+,54-,55-/m1/s1. The van der Waals surface area contributed by atoms with E-state index in [0.717, 1.165) is 30.7 Å². The molecule has 0 spiro atoms. The van der Waals surface area contributed by atoms with Gasteiger partial charge in [-0.2, -0.15) is 0 Å². The number of fused-ring (bicyclic) bond motifs is 7. The lowest BCUT2D eigenvalue weighted by Crippen LogP contribution is -2.65. The number of aromatic nitrogens is 1. The summed E-state index contributed by atoms with van der Waals surface area (Å²) in [6.45, 7) is 24.1. The summed E-state index contributed by atoms with van der Waals surface area (Å²) >= 11 is 0. The van der Waals surface area contributed by atoms with Crippen LogP contribution in [0.3, 0.4) is 0 Å². The topological polar surface area (TPSA) is 30.2 Å². The van der Waals surface area contributed by atoms with Crippen molar-refractivity contribution in [3.05, 3.63) is 41.7 Å². The summed E-state index contributed by atoms with van der Waals surface area (Å²) in [6.07, 6.45) is 42.2. The molecule has 0 unspecified atom stereocenters. The van der Waals surface area contributed by atoms with Gasteiger partial charge in [-0.25, -0.2) is 9.36 Å². The van der Waals surface area contributed by atoms with E-state index in [4.69, 9.17) is 4.74 Å². The first-order valence-electron chi connectivity index (χ1n) is 25.6. The van der Waals surface area contributed by atoms with Crippen LogP contribution in [0.1, 0.15) is 240 Å². The fourth-order valence-electron chi connectivity index (χ4n) is 15.0. The summed E-state index contributed by atoms with van der Waals surface area (Å²) in [5.41, 5.74) is 3.89. The largest absolute Gasteiger partial charge is 0.458 e. The minimum absolute atomic E-state index is 0.0357. The second kappa shape index (κ2) is 19.6.